The lowest BCUT2D eigenvalue weighted by atomic mass is 10.4. The number of rotatable bonds is 7. The summed E-state index contributed by atoms with van der Waals surface area (Å²) in [7, 11) is 1.96. The predicted octanol–water partition coefficient (Wildman–Crippen LogP) is 0.554. The third-order valence-corrected chi connectivity index (χ3v) is 1.57. The fourth-order valence-electron chi connectivity index (χ4n) is 0.919. The number of ether oxygens (including phenoxy) is 1. The summed E-state index contributed by atoms with van der Waals surface area (Å²) in [5.74, 6) is 0.542. The second-order valence-electron chi connectivity index (χ2n) is 2.91. The number of likely N-dealkylation sites (N-methyl/N-ethyl adjacent to an activating group) is 1. The van der Waals surface area contributed by atoms with Crippen molar-refractivity contribution in [2.75, 3.05) is 39.2 Å². The maximum atomic E-state index is 9.02. The van der Waals surface area contributed by atoms with Gasteiger partial charge in [-0.3, -0.25) is 0 Å². The van der Waals surface area contributed by atoms with Gasteiger partial charge in [-0.15, -0.1) is 11.6 Å². The van der Waals surface area contributed by atoms with Crippen LogP contribution in [0.3, 0.4) is 0 Å². The molecule has 4 heteroatoms. The van der Waals surface area contributed by atoms with Crippen molar-refractivity contribution in [2.45, 2.75) is 13.0 Å². The zero-order valence-corrected chi connectivity index (χ0v) is 8.55. The van der Waals surface area contributed by atoms with Gasteiger partial charge in [-0.2, -0.15) is 0 Å². The molecule has 3 nitrogen and oxygen atoms in total. The number of alkyl halides is 1. The Labute approximate surface area is 79.3 Å². The van der Waals surface area contributed by atoms with E-state index >= 15 is 0 Å². The molecule has 0 aliphatic heterocycles. The number of aliphatic hydroxyl groups excluding tert-OH is 1. The van der Waals surface area contributed by atoms with Gasteiger partial charge in [-0.25, -0.2) is 0 Å². The molecule has 0 heterocycles. The first kappa shape index (κ1) is 12.2. The van der Waals surface area contributed by atoms with Crippen LogP contribution in [-0.4, -0.2) is 55.3 Å². The van der Waals surface area contributed by atoms with Crippen LogP contribution in [0.2, 0.25) is 0 Å². The molecule has 0 rings (SSSR count). The summed E-state index contributed by atoms with van der Waals surface area (Å²) in [5, 5.41) is 9.02. The molecular weight excluding hydrogens is 178 g/mol. The number of halogens is 1. The molecule has 0 aliphatic carbocycles. The number of aliphatic hydroxyl groups is 1. The van der Waals surface area contributed by atoms with Gasteiger partial charge >= 0.3 is 0 Å². The third-order valence-electron chi connectivity index (χ3n) is 1.41. The molecule has 0 bridgehead atoms. The van der Waals surface area contributed by atoms with E-state index in [-0.39, 0.29) is 6.10 Å². The van der Waals surface area contributed by atoms with Crippen molar-refractivity contribution in [3.05, 3.63) is 0 Å². The third kappa shape index (κ3) is 8.27. The van der Waals surface area contributed by atoms with Crippen molar-refractivity contribution in [3.63, 3.8) is 0 Å². The zero-order valence-electron chi connectivity index (χ0n) is 7.79. The summed E-state index contributed by atoms with van der Waals surface area (Å²) >= 11 is 5.42. The number of nitrogens with zero attached hydrogens (tertiary/aromatic N) is 1. The van der Waals surface area contributed by atoms with Crippen LogP contribution in [0.4, 0.5) is 0 Å². The van der Waals surface area contributed by atoms with Crippen molar-refractivity contribution in [3.8, 4) is 0 Å². The monoisotopic (exact) mass is 195 g/mol. The maximum Gasteiger partial charge on any atom is 0.0638 e. The molecule has 0 aromatic heterocycles. The van der Waals surface area contributed by atoms with Crippen LogP contribution in [-0.2, 0) is 4.74 Å². The minimum Gasteiger partial charge on any atom is -0.392 e. The van der Waals surface area contributed by atoms with Gasteiger partial charge in [0.1, 0.15) is 0 Å². The molecule has 0 fully saturated rings. The zero-order chi connectivity index (χ0) is 9.40. The second-order valence-corrected chi connectivity index (χ2v) is 3.29. The highest BCUT2D eigenvalue weighted by atomic mass is 35.5. The van der Waals surface area contributed by atoms with Crippen molar-refractivity contribution in [2.24, 2.45) is 0 Å². The van der Waals surface area contributed by atoms with Crippen LogP contribution >= 0.6 is 11.6 Å². The molecule has 1 N–H and O–H groups in total. The van der Waals surface area contributed by atoms with E-state index in [2.05, 4.69) is 0 Å². The van der Waals surface area contributed by atoms with Gasteiger partial charge in [0.25, 0.3) is 0 Å². The Morgan fingerprint density at radius 1 is 1.50 bits per heavy atom. The lowest BCUT2D eigenvalue weighted by Crippen LogP contribution is -2.30. The molecule has 0 saturated heterocycles. The Kier molecular flexibility index (Phi) is 7.91. The number of hydrogen-bond acceptors (Lipinski definition) is 3. The van der Waals surface area contributed by atoms with Crippen LogP contribution in [0, 0.1) is 0 Å². The van der Waals surface area contributed by atoms with Crippen LogP contribution in [0.15, 0.2) is 0 Å². The first-order chi connectivity index (χ1) is 5.66. The van der Waals surface area contributed by atoms with E-state index in [4.69, 9.17) is 21.4 Å². The van der Waals surface area contributed by atoms with Gasteiger partial charge in [0.05, 0.1) is 19.3 Å². The molecule has 0 saturated carbocycles. The minimum atomic E-state index is -0.275. The molecule has 0 aromatic rings. The van der Waals surface area contributed by atoms with Crippen LogP contribution in [0.5, 0.6) is 0 Å². The first-order valence-corrected chi connectivity index (χ1v) is 4.70. The van der Waals surface area contributed by atoms with Gasteiger partial charge in [0, 0.05) is 19.0 Å². The maximum absolute atomic E-state index is 9.02. The Hall–Kier alpha value is 0.170. The normalized spacial score (nSPS) is 13.8. The molecule has 74 valence electrons. The Balaban J connectivity index is 3.14. The summed E-state index contributed by atoms with van der Waals surface area (Å²) < 4.78 is 5.18. The molecule has 0 amide bonds. The molecule has 1 atom stereocenters. The largest absolute Gasteiger partial charge is 0.392 e. The summed E-state index contributed by atoms with van der Waals surface area (Å²) in [4.78, 5) is 2.03. The van der Waals surface area contributed by atoms with Gasteiger partial charge in [0.15, 0.2) is 0 Å². The summed E-state index contributed by atoms with van der Waals surface area (Å²) in [6.45, 7) is 4.57. The van der Waals surface area contributed by atoms with E-state index in [0.29, 0.717) is 25.6 Å². The molecule has 1 unspecified atom stereocenters. The topological polar surface area (TPSA) is 32.7 Å². The molecular formula is C8H18ClNO2. The van der Waals surface area contributed by atoms with Crippen LogP contribution < -0.4 is 0 Å². The van der Waals surface area contributed by atoms with Crippen LogP contribution in [0.25, 0.3) is 0 Å². The van der Waals surface area contributed by atoms with Gasteiger partial charge < -0.3 is 14.7 Å². The quantitative estimate of drug-likeness (QED) is 0.476. The highest BCUT2D eigenvalue weighted by Crippen LogP contribution is 1.88. The fraction of sp³-hybridized carbons (Fsp3) is 1.00. The minimum absolute atomic E-state index is 0.275. The van der Waals surface area contributed by atoms with Gasteiger partial charge in [0.2, 0.25) is 0 Å². The Morgan fingerprint density at radius 2 is 2.17 bits per heavy atom. The van der Waals surface area contributed by atoms with Crippen molar-refractivity contribution < 1.29 is 9.84 Å². The van der Waals surface area contributed by atoms with E-state index in [1.54, 1.807) is 6.92 Å². The molecule has 0 radical (unpaired) electrons. The summed E-state index contributed by atoms with van der Waals surface area (Å²) in [5.41, 5.74) is 0. The van der Waals surface area contributed by atoms with E-state index < -0.39 is 0 Å². The first-order valence-electron chi connectivity index (χ1n) is 4.17. The fourth-order valence-corrected chi connectivity index (χ4v) is 1.03. The SMILES string of the molecule is CC(O)CN(C)CCOCCCl. The molecule has 0 spiro atoms. The smallest absolute Gasteiger partial charge is 0.0638 e. The number of hydrogen-bond donors (Lipinski definition) is 1. The van der Waals surface area contributed by atoms with Crippen LogP contribution in [0.1, 0.15) is 6.92 Å². The lowest BCUT2D eigenvalue weighted by molar-refractivity contribution is 0.0964. The standard InChI is InChI=1S/C8H18ClNO2/c1-8(11)7-10(2)4-6-12-5-3-9/h8,11H,3-7H2,1-2H3. The van der Waals surface area contributed by atoms with E-state index in [0.717, 1.165) is 6.54 Å². The molecule has 0 aliphatic rings. The highest BCUT2D eigenvalue weighted by Gasteiger charge is 2.01. The predicted molar refractivity (Wildman–Crippen MR) is 50.7 cm³/mol. The average Bonchev–Trinajstić information content (AvgIpc) is 1.97. The summed E-state index contributed by atoms with van der Waals surface area (Å²) in [6.07, 6.45) is -0.275. The van der Waals surface area contributed by atoms with Gasteiger partial charge in [-0.05, 0) is 14.0 Å². The molecule has 0 aromatic carbocycles. The molecule has 12 heavy (non-hydrogen) atoms. The van der Waals surface area contributed by atoms with Gasteiger partial charge in [-0.1, -0.05) is 0 Å². The van der Waals surface area contributed by atoms with Crippen molar-refractivity contribution in [1.29, 1.82) is 0 Å². The Morgan fingerprint density at radius 3 is 2.67 bits per heavy atom. The van der Waals surface area contributed by atoms with E-state index in [9.17, 15) is 0 Å². The average molecular weight is 196 g/mol. The van der Waals surface area contributed by atoms with Crippen molar-refractivity contribution in [1.82, 2.24) is 4.90 Å². The van der Waals surface area contributed by atoms with E-state index in [1.807, 2.05) is 11.9 Å². The summed E-state index contributed by atoms with van der Waals surface area (Å²) in [6, 6.07) is 0. The van der Waals surface area contributed by atoms with E-state index in [1.165, 1.54) is 0 Å². The Bertz CT molecular complexity index is 101. The second kappa shape index (κ2) is 7.80. The van der Waals surface area contributed by atoms with Crippen molar-refractivity contribution >= 4 is 11.6 Å². The lowest BCUT2D eigenvalue weighted by Gasteiger charge is -2.17. The highest BCUT2D eigenvalue weighted by molar-refractivity contribution is 6.17.